The van der Waals surface area contributed by atoms with E-state index in [9.17, 15) is 0 Å². The zero-order chi connectivity index (χ0) is 15.7. The van der Waals surface area contributed by atoms with E-state index in [1.807, 2.05) is 12.1 Å². The summed E-state index contributed by atoms with van der Waals surface area (Å²) in [7, 11) is 0. The fourth-order valence-corrected chi connectivity index (χ4v) is 2.54. The molecule has 0 unspecified atom stereocenters. The standard InChI is InChI=1S/C21H22N2/c1-3-8-18(9-4-1)15-22-16-20-12-7-13-21(14-20)23-17-19-10-5-2-6-11-19/h1-14,22-23H,15-17H2. The summed E-state index contributed by atoms with van der Waals surface area (Å²) < 4.78 is 0. The smallest absolute Gasteiger partial charge is 0.0400 e. The Morgan fingerprint density at radius 2 is 1.09 bits per heavy atom. The molecular formula is C21H22N2. The zero-order valence-electron chi connectivity index (χ0n) is 13.2. The molecule has 0 heterocycles. The zero-order valence-corrected chi connectivity index (χ0v) is 13.2. The van der Waals surface area contributed by atoms with Gasteiger partial charge in [-0.25, -0.2) is 0 Å². The third-order valence-electron chi connectivity index (χ3n) is 3.77. The molecule has 0 fully saturated rings. The quantitative estimate of drug-likeness (QED) is 0.667. The third-order valence-corrected chi connectivity index (χ3v) is 3.77. The van der Waals surface area contributed by atoms with Crippen molar-refractivity contribution < 1.29 is 0 Å². The Balaban J connectivity index is 1.51. The summed E-state index contributed by atoms with van der Waals surface area (Å²) >= 11 is 0. The molecule has 0 bridgehead atoms. The van der Waals surface area contributed by atoms with Crippen molar-refractivity contribution >= 4 is 5.69 Å². The summed E-state index contributed by atoms with van der Waals surface area (Å²) in [6.07, 6.45) is 0. The highest BCUT2D eigenvalue weighted by Gasteiger charge is 1.97. The van der Waals surface area contributed by atoms with Gasteiger partial charge in [-0.15, -0.1) is 0 Å². The molecule has 116 valence electrons. The molecule has 2 N–H and O–H groups in total. The summed E-state index contributed by atoms with van der Waals surface area (Å²) in [5, 5.41) is 6.97. The maximum absolute atomic E-state index is 3.49. The monoisotopic (exact) mass is 302 g/mol. The second-order valence-corrected chi connectivity index (χ2v) is 5.63. The first kappa shape index (κ1) is 15.3. The number of hydrogen-bond donors (Lipinski definition) is 2. The lowest BCUT2D eigenvalue weighted by molar-refractivity contribution is 0.693. The van der Waals surface area contributed by atoms with Crippen molar-refractivity contribution in [2.24, 2.45) is 0 Å². The predicted octanol–water partition coefficient (Wildman–Crippen LogP) is 4.59. The van der Waals surface area contributed by atoms with Gasteiger partial charge in [0.15, 0.2) is 0 Å². The topological polar surface area (TPSA) is 24.1 Å². The Kier molecular flexibility index (Phi) is 5.43. The van der Waals surface area contributed by atoms with E-state index in [0.29, 0.717) is 0 Å². The van der Waals surface area contributed by atoms with E-state index in [0.717, 1.165) is 25.3 Å². The Morgan fingerprint density at radius 1 is 0.522 bits per heavy atom. The predicted molar refractivity (Wildman–Crippen MR) is 97.2 cm³/mol. The van der Waals surface area contributed by atoms with Gasteiger partial charge in [0.05, 0.1) is 0 Å². The number of benzene rings is 3. The minimum atomic E-state index is 0.849. The van der Waals surface area contributed by atoms with Crippen LogP contribution in [0.25, 0.3) is 0 Å². The molecule has 0 aliphatic carbocycles. The molecule has 3 rings (SSSR count). The molecule has 0 spiro atoms. The molecule has 23 heavy (non-hydrogen) atoms. The van der Waals surface area contributed by atoms with Gasteiger partial charge >= 0.3 is 0 Å². The second kappa shape index (κ2) is 8.16. The normalized spacial score (nSPS) is 10.4. The van der Waals surface area contributed by atoms with Crippen LogP contribution >= 0.6 is 0 Å². The highest BCUT2D eigenvalue weighted by atomic mass is 14.9. The fourth-order valence-electron chi connectivity index (χ4n) is 2.54. The first-order valence-corrected chi connectivity index (χ1v) is 8.01. The van der Waals surface area contributed by atoms with E-state index >= 15 is 0 Å². The first-order chi connectivity index (χ1) is 11.4. The highest BCUT2D eigenvalue weighted by molar-refractivity contribution is 5.46. The van der Waals surface area contributed by atoms with Gasteiger partial charge in [-0.05, 0) is 28.8 Å². The van der Waals surface area contributed by atoms with Crippen LogP contribution in [0.2, 0.25) is 0 Å². The second-order valence-electron chi connectivity index (χ2n) is 5.63. The molecule has 2 heteroatoms. The minimum Gasteiger partial charge on any atom is -0.381 e. The van der Waals surface area contributed by atoms with Crippen molar-refractivity contribution in [3.63, 3.8) is 0 Å². The van der Waals surface area contributed by atoms with Crippen molar-refractivity contribution in [1.29, 1.82) is 0 Å². The van der Waals surface area contributed by atoms with Gasteiger partial charge in [0, 0.05) is 25.3 Å². The van der Waals surface area contributed by atoms with Gasteiger partial charge in [0.1, 0.15) is 0 Å². The molecule has 0 aromatic heterocycles. The third kappa shape index (κ3) is 4.97. The molecule has 0 atom stereocenters. The van der Waals surface area contributed by atoms with E-state index in [2.05, 4.69) is 83.4 Å². The van der Waals surface area contributed by atoms with Crippen LogP contribution < -0.4 is 10.6 Å². The van der Waals surface area contributed by atoms with Crippen LogP contribution in [0, 0.1) is 0 Å². The van der Waals surface area contributed by atoms with Gasteiger partial charge in [-0.1, -0.05) is 72.8 Å². The highest BCUT2D eigenvalue weighted by Crippen LogP contribution is 2.12. The van der Waals surface area contributed by atoms with E-state index in [1.54, 1.807) is 0 Å². The van der Waals surface area contributed by atoms with Crippen LogP contribution in [0.4, 0.5) is 5.69 Å². The van der Waals surface area contributed by atoms with Gasteiger partial charge in [0.25, 0.3) is 0 Å². The van der Waals surface area contributed by atoms with Crippen molar-refractivity contribution in [2.75, 3.05) is 5.32 Å². The van der Waals surface area contributed by atoms with Crippen molar-refractivity contribution in [2.45, 2.75) is 19.6 Å². The van der Waals surface area contributed by atoms with Gasteiger partial charge < -0.3 is 10.6 Å². The molecule has 0 aliphatic heterocycles. The van der Waals surface area contributed by atoms with Crippen LogP contribution in [0.1, 0.15) is 16.7 Å². The molecule has 0 saturated heterocycles. The molecule has 0 amide bonds. The molecule has 0 saturated carbocycles. The molecular weight excluding hydrogens is 280 g/mol. The van der Waals surface area contributed by atoms with Crippen molar-refractivity contribution in [3.05, 3.63) is 102 Å². The Morgan fingerprint density at radius 3 is 1.78 bits per heavy atom. The van der Waals surface area contributed by atoms with Crippen LogP contribution in [0.3, 0.4) is 0 Å². The lowest BCUT2D eigenvalue weighted by Gasteiger charge is -2.09. The summed E-state index contributed by atoms with van der Waals surface area (Å²) in [5.41, 5.74) is 5.05. The Labute approximate surface area is 138 Å². The summed E-state index contributed by atoms with van der Waals surface area (Å²) in [6.45, 7) is 2.61. The van der Waals surface area contributed by atoms with Gasteiger partial charge in [0.2, 0.25) is 0 Å². The number of hydrogen-bond acceptors (Lipinski definition) is 2. The van der Waals surface area contributed by atoms with E-state index in [1.165, 1.54) is 16.7 Å². The molecule has 2 nitrogen and oxygen atoms in total. The summed E-state index contributed by atoms with van der Waals surface area (Å²) in [5.74, 6) is 0. The van der Waals surface area contributed by atoms with Crippen LogP contribution in [0.15, 0.2) is 84.9 Å². The van der Waals surface area contributed by atoms with Crippen LogP contribution in [-0.2, 0) is 19.6 Å². The largest absolute Gasteiger partial charge is 0.381 e. The van der Waals surface area contributed by atoms with Gasteiger partial charge in [-0.2, -0.15) is 0 Å². The van der Waals surface area contributed by atoms with Gasteiger partial charge in [-0.3, -0.25) is 0 Å². The van der Waals surface area contributed by atoms with Crippen LogP contribution in [-0.4, -0.2) is 0 Å². The first-order valence-electron chi connectivity index (χ1n) is 8.01. The number of nitrogens with one attached hydrogen (secondary N) is 2. The summed E-state index contributed by atoms with van der Waals surface area (Å²) in [4.78, 5) is 0. The average molecular weight is 302 g/mol. The molecule has 0 aliphatic rings. The molecule has 3 aromatic rings. The van der Waals surface area contributed by atoms with E-state index in [4.69, 9.17) is 0 Å². The van der Waals surface area contributed by atoms with E-state index in [-0.39, 0.29) is 0 Å². The van der Waals surface area contributed by atoms with E-state index < -0.39 is 0 Å². The molecule has 3 aromatic carbocycles. The maximum atomic E-state index is 3.49. The lowest BCUT2D eigenvalue weighted by atomic mass is 10.1. The minimum absolute atomic E-state index is 0.849. The average Bonchev–Trinajstić information content (AvgIpc) is 2.62. The molecule has 0 radical (unpaired) electrons. The van der Waals surface area contributed by atoms with Crippen LogP contribution in [0.5, 0.6) is 0 Å². The Hall–Kier alpha value is -2.58. The van der Waals surface area contributed by atoms with Crippen molar-refractivity contribution in [1.82, 2.24) is 5.32 Å². The fraction of sp³-hybridized carbons (Fsp3) is 0.143. The lowest BCUT2D eigenvalue weighted by Crippen LogP contribution is -2.12. The maximum Gasteiger partial charge on any atom is 0.0400 e. The number of rotatable bonds is 7. The number of anilines is 1. The SMILES string of the molecule is c1ccc(CNCc2cccc(NCc3ccccc3)c2)cc1. The summed E-state index contributed by atoms with van der Waals surface area (Å²) in [6, 6.07) is 29.5. The Bertz CT molecular complexity index is 708. The van der Waals surface area contributed by atoms with Crippen molar-refractivity contribution in [3.8, 4) is 0 Å².